The Morgan fingerprint density at radius 2 is 2.00 bits per heavy atom. The van der Waals surface area contributed by atoms with Crippen molar-refractivity contribution in [2.45, 2.75) is 43.6 Å². The number of aromatic nitrogens is 4. The van der Waals surface area contributed by atoms with Crippen LogP contribution in [-0.2, 0) is 23.1 Å². The van der Waals surface area contributed by atoms with Gasteiger partial charge in [-0.2, -0.15) is 0 Å². The molecule has 1 saturated carbocycles. The molecule has 0 radical (unpaired) electrons. The zero-order chi connectivity index (χ0) is 19.8. The van der Waals surface area contributed by atoms with Crippen LogP contribution in [0.15, 0.2) is 48.7 Å². The molecule has 0 unspecified atom stereocenters. The van der Waals surface area contributed by atoms with E-state index in [1.54, 1.807) is 6.20 Å². The van der Waals surface area contributed by atoms with E-state index in [1.807, 2.05) is 36.4 Å². The Balaban J connectivity index is 1.31. The molecule has 7 heteroatoms. The molecule has 1 fully saturated rings. The summed E-state index contributed by atoms with van der Waals surface area (Å²) in [5.41, 5.74) is 3.05. The molecule has 2 aromatic heterocycles. The van der Waals surface area contributed by atoms with Crippen LogP contribution in [0.1, 0.15) is 52.5 Å². The molecule has 2 N–H and O–H groups in total. The number of fused-ring (bicyclic) bond motifs is 2. The van der Waals surface area contributed by atoms with Crippen LogP contribution in [0.25, 0.3) is 0 Å². The van der Waals surface area contributed by atoms with E-state index < -0.39 is 11.9 Å². The molecule has 2 aliphatic carbocycles. The average Bonchev–Trinajstić information content (AvgIpc) is 3.39. The number of nitrogens with zero attached hydrogens (tertiary/aromatic N) is 3. The van der Waals surface area contributed by atoms with Gasteiger partial charge >= 0.3 is 0 Å². The van der Waals surface area contributed by atoms with E-state index in [0.29, 0.717) is 18.7 Å². The van der Waals surface area contributed by atoms with E-state index in [2.05, 4.69) is 31.5 Å². The third kappa shape index (κ3) is 3.44. The summed E-state index contributed by atoms with van der Waals surface area (Å²) in [5, 5.41) is 9.74. The molecule has 7 nitrogen and oxygen atoms in total. The Morgan fingerprint density at radius 3 is 2.79 bits per heavy atom. The van der Waals surface area contributed by atoms with Crippen molar-refractivity contribution in [1.29, 1.82) is 0 Å². The summed E-state index contributed by atoms with van der Waals surface area (Å²) in [6.45, 7) is 0. The first-order valence-electron chi connectivity index (χ1n) is 9.86. The van der Waals surface area contributed by atoms with Crippen LogP contribution in [0.3, 0.4) is 0 Å². The number of benzene rings is 1. The van der Waals surface area contributed by atoms with Gasteiger partial charge in [-0.05, 0) is 41.9 Å². The van der Waals surface area contributed by atoms with E-state index in [1.165, 1.54) is 0 Å². The van der Waals surface area contributed by atoms with Gasteiger partial charge in [-0.1, -0.05) is 36.4 Å². The zero-order valence-electron chi connectivity index (χ0n) is 15.9. The van der Waals surface area contributed by atoms with Gasteiger partial charge in [0.1, 0.15) is 5.82 Å². The number of nitrogens with one attached hydrogen (secondary N) is 2. The normalized spacial score (nSPS) is 19.4. The van der Waals surface area contributed by atoms with Crippen LogP contribution >= 0.6 is 0 Å². The van der Waals surface area contributed by atoms with E-state index in [-0.39, 0.29) is 23.4 Å². The number of aromatic amines is 1. The first kappa shape index (κ1) is 17.7. The van der Waals surface area contributed by atoms with Gasteiger partial charge in [0.2, 0.25) is 5.82 Å². The number of carbonyl (C=O) groups is 2. The van der Waals surface area contributed by atoms with Crippen LogP contribution in [0, 0.1) is 0 Å². The second kappa shape index (κ2) is 6.92. The molecule has 1 atom stereocenters. The molecule has 0 bridgehead atoms. The molecule has 29 heavy (non-hydrogen) atoms. The van der Waals surface area contributed by atoms with Crippen molar-refractivity contribution in [2.75, 3.05) is 0 Å². The molecule has 2 aliphatic rings. The van der Waals surface area contributed by atoms with E-state index in [0.717, 1.165) is 29.7 Å². The number of pyridine rings is 1. The summed E-state index contributed by atoms with van der Waals surface area (Å²) in [7, 11) is 0. The lowest BCUT2D eigenvalue weighted by molar-refractivity contribution is -0.120. The van der Waals surface area contributed by atoms with E-state index in [9.17, 15) is 9.59 Å². The van der Waals surface area contributed by atoms with Gasteiger partial charge in [-0.3, -0.25) is 19.7 Å². The first-order valence-corrected chi connectivity index (χ1v) is 9.86. The Morgan fingerprint density at radius 1 is 1.17 bits per heavy atom. The summed E-state index contributed by atoms with van der Waals surface area (Å²) in [5.74, 6) is 0.244. The molecule has 146 valence electrons. The van der Waals surface area contributed by atoms with Gasteiger partial charge in [-0.15, -0.1) is 5.10 Å². The lowest BCUT2D eigenvalue weighted by Crippen LogP contribution is -2.42. The van der Waals surface area contributed by atoms with Crippen molar-refractivity contribution in [2.24, 2.45) is 0 Å². The number of hydrogen-bond acceptors (Lipinski definition) is 5. The van der Waals surface area contributed by atoms with E-state index in [4.69, 9.17) is 0 Å². The summed E-state index contributed by atoms with van der Waals surface area (Å²) in [6, 6.07) is 13.3. The molecule has 0 saturated heterocycles. The van der Waals surface area contributed by atoms with Crippen LogP contribution < -0.4 is 5.32 Å². The van der Waals surface area contributed by atoms with Crippen molar-refractivity contribution < 1.29 is 9.59 Å². The highest BCUT2D eigenvalue weighted by Crippen LogP contribution is 2.53. The molecular weight excluding hydrogens is 366 g/mol. The molecule has 5 rings (SSSR count). The van der Waals surface area contributed by atoms with Gasteiger partial charge in [0.05, 0.1) is 18.2 Å². The number of ketones is 1. The minimum absolute atomic E-state index is 0.0119. The maximum Gasteiger partial charge on any atom is 0.291 e. The predicted molar refractivity (Wildman–Crippen MR) is 105 cm³/mol. The second-order valence-electron chi connectivity index (χ2n) is 7.92. The first-order chi connectivity index (χ1) is 14.1. The van der Waals surface area contributed by atoms with Crippen LogP contribution in [0.5, 0.6) is 0 Å². The third-order valence-corrected chi connectivity index (χ3v) is 5.89. The standard InChI is InChI=1S/C22H21N5O2/c28-18-12-16-15(7-4-10-23-16)22(8-9-22)13-17(18)24-21(29)20-25-19(26-27-20)11-14-5-2-1-3-6-14/h1-7,10,17H,8-9,11-13H2,(H,24,29)(H,25,26,27)/t17-/m0/s1. The third-order valence-electron chi connectivity index (χ3n) is 5.89. The SMILES string of the molecule is O=C(N[C@H]1CC2(CC2)c2cccnc2CC1=O)c1n[nH]c(Cc2ccccc2)n1. The van der Waals surface area contributed by atoms with Crippen molar-refractivity contribution in [1.82, 2.24) is 25.5 Å². The van der Waals surface area contributed by atoms with Gasteiger partial charge in [0.25, 0.3) is 5.91 Å². The molecule has 1 aromatic carbocycles. The summed E-state index contributed by atoms with van der Waals surface area (Å²) in [4.78, 5) is 34.2. The number of Topliss-reactive ketones (excluding diaryl/α,β-unsaturated/α-hetero) is 1. The Hall–Kier alpha value is -3.35. The summed E-state index contributed by atoms with van der Waals surface area (Å²) in [6.07, 6.45) is 5.19. The Bertz CT molecular complexity index is 1070. The maximum absolute atomic E-state index is 12.8. The molecule has 1 amide bonds. The van der Waals surface area contributed by atoms with Crippen molar-refractivity contribution in [3.05, 3.63) is 77.1 Å². The summed E-state index contributed by atoms with van der Waals surface area (Å²) < 4.78 is 0. The zero-order valence-corrected chi connectivity index (χ0v) is 15.9. The van der Waals surface area contributed by atoms with Crippen LogP contribution in [-0.4, -0.2) is 37.9 Å². The topological polar surface area (TPSA) is 101 Å². The number of hydrogen-bond donors (Lipinski definition) is 2. The minimum atomic E-state index is -0.546. The molecule has 2 heterocycles. The minimum Gasteiger partial charge on any atom is -0.339 e. The lowest BCUT2D eigenvalue weighted by atomic mass is 9.90. The highest BCUT2D eigenvalue weighted by atomic mass is 16.2. The number of rotatable bonds is 4. The number of carbonyl (C=O) groups excluding carboxylic acids is 2. The second-order valence-corrected chi connectivity index (χ2v) is 7.92. The number of amides is 1. The highest BCUT2D eigenvalue weighted by Gasteiger charge is 2.50. The Kier molecular flexibility index (Phi) is 4.23. The lowest BCUT2D eigenvalue weighted by Gasteiger charge is -2.20. The Labute approximate surface area is 168 Å². The van der Waals surface area contributed by atoms with Crippen molar-refractivity contribution in [3.8, 4) is 0 Å². The number of H-pyrrole nitrogens is 1. The van der Waals surface area contributed by atoms with Gasteiger partial charge in [0, 0.05) is 12.6 Å². The van der Waals surface area contributed by atoms with Crippen molar-refractivity contribution >= 4 is 11.7 Å². The maximum atomic E-state index is 12.8. The molecule has 3 aromatic rings. The predicted octanol–water partition coefficient (Wildman–Crippen LogP) is 2.14. The molecule has 1 spiro atoms. The van der Waals surface area contributed by atoms with Crippen molar-refractivity contribution in [3.63, 3.8) is 0 Å². The highest BCUT2D eigenvalue weighted by molar-refractivity contribution is 5.96. The van der Waals surface area contributed by atoms with E-state index >= 15 is 0 Å². The quantitative estimate of drug-likeness (QED) is 0.714. The van der Waals surface area contributed by atoms with Crippen LogP contribution in [0.2, 0.25) is 0 Å². The molecular formula is C22H21N5O2. The van der Waals surface area contributed by atoms with Gasteiger partial charge in [-0.25, -0.2) is 4.98 Å². The molecule has 0 aliphatic heterocycles. The monoisotopic (exact) mass is 387 g/mol. The smallest absolute Gasteiger partial charge is 0.291 e. The average molecular weight is 387 g/mol. The van der Waals surface area contributed by atoms with Gasteiger partial charge in [0.15, 0.2) is 5.78 Å². The van der Waals surface area contributed by atoms with Gasteiger partial charge < -0.3 is 5.32 Å². The fourth-order valence-electron chi connectivity index (χ4n) is 4.21. The van der Waals surface area contributed by atoms with Crippen LogP contribution in [0.4, 0.5) is 0 Å². The fraction of sp³-hybridized carbons (Fsp3) is 0.318. The largest absolute Gasteiger partial charge is 0.339 e. The fourth-order valence-corrected chi connectivity index (χ4v) is 4.21. The summed E-state index contributed by atoms with van der Waals surface area (Å²) >= 11 is 0.